The number of fused-ring (bicyclic) bond motifs is 1. The fraction of sp³-hybridized carbons (Fsp3) is 0.591. The number of carbonyl (C=O) groups is 3. The van der Waals surface area contributed by atoms with Gasteiger partial charge in [0.2, 0.25) is 11.4 Å². The van der Waals surface area contributed by atoms with E-state index in [0.29, 0.717) is 0 Å². The Morgan fingerprint density at radius 2 is 1.74 bits per heavy atom. The molecule has 31 heavy (non-hydrogen) atoms. The summed E-state index contributed by atoms with van der Waals surface area (Å²) in [7, 11) is 0. The van der Waals surface area contributed by atoms with Gasteiger partial charge in [-0.25, -0.2) is 9.59 Å². The van der Waals surface area contributed by atoms with E-state index < -0.39 is 34.7 Å². The van der Waals surface area contributed by atoms with Crippen molar-refractivity contribution in [1.29, 1.82) is 0 Å². The van der Waals surface area contributed by atoms with Crippen LogP contribution >= 0.6 is 0 Å². The Morgan fingerprint density at radius 3 is 2.23 bits per heavy atom. The Kier molecular flexibility index (Phi) is 7.41. The lowest BCUT2D eigenvalue weighted by atomic mass is 9.71. The summed E-state index contributed by atoms with van der Waals surface area (Å²) in [4.78, 5) is 49.1. The summed E-state index contributed by atoms with van der Waals surface area (Å²) in [6.45, 7) is 8.26. The van der Waals surface area contributed by atoms with Crippen LogP contribution in [0.25, 0.3) is 0 Å². The minimum Gasteiger partial charge on any atom is -0.464 e. The van der Waals surface area contributed by atoms with Gasteiger partial charge >= 0.3 is 11.9 Å². The maximum absolute atomic E-state index is 12.9. The Hall–Kier alpha value is -2.97. The van der Waals surface area contributed by atoms with Crippen molar-refractivity contribution in [2.75, 3.05) is 13.2 Å². The zero-order valence-corrected chi connectivity index (χ0v) is 18.7. The number of rotatable bonds is 8. The number of benzene rings is 1. The van der Waals surface area contributed by atoms with Crippen LogP contribution in [0.5, 0.6) is 0 Å². The Balaban J connectivity index is 2.69. The van der Waals surface area contributed by atoms with E-state index in [0.717, 1.165) is 37.3 Å². The Labute approximate surface area is 181 Å². The van der Waals surface area contributed by atoms with E-state index in [4.69, 9.17) is 9.47 Å². The molecule has 1 aliphatic carbocycles. The molecular weight excluding hydrogens is 404 g/mol. The first-order chi connectivity index (χ1) is 14.5. The van der Waals surface area contributed by atoms with Gasteiger partial charge in [0.1, 0.15) is 0 Å². The van der Waals surface area contributed by atoms with Crippen molar-refractivity contribution in [2.24, 2.45) is 0 Å². The van der Waals surface area contributed by atoms with E-state index in [1.807, 2.05) is 13.8 Å². The number of hydrogen-bond donors (Lipinski definition) is 1. The number of amides is 1. The number of nitro benzene ring substituents is 1. The summed E-state index contributed by atoms with van der Waals surface area (Å²) in [5.74, 6) is -2.70. The van der Waals surface area contributed by atoms with Gasteiger partial charge in [0.15, 0.2) is 0 Å². The number of esters is 2. The summed E-state index contributed by atoms with van der Waals surface area (Å²) < 4.78 is 10.1. The summed E-state index contributed by atoms with van der Waals surface area (Å²) in [6.07, 6.45) is 2.10. The molecule has 0 radical (unpaired) electrons. The molecule has 0 aliphatic heterocycles. The highest BCUT2D eigenvalue weighted by molar-refractivity contribution is 6.08. The molecule has 9 heteroatoms. The van der Waals surface area contributed by atoms with Gasteiger partial charge in [0, 0.05) is 25.0 Å². The van der Waals surface area contributed by atoms with Crippen molar-refractivity contribution >= 4 is 23.5 Å². The molecule has 1 aromatic rings. The van der Waals surface area contributed by atoms with Crippen molar-refractivity contribution in [3.05, 3.63) is 38.9 Å². The van der Waals surface area contributed by atoms with Crippen LogP contribution in [-0.2, 0) is 42.1 Å². The van der Waals surface area contributed by atoms with Crippen molar-refractivity contribution in [3.8, 4) is 0 Å². The molecule has 0 bridgehead atoms. The third-order valence-electron chi connectivity index (χ3n) is 5.57. The molecule has 0 unspecified atom stereocenters. The van der Waals surface area contributed by atoms with Crippen LogP contribution < -0.4 is 5.32 Å². The lowest BCUT2D eigenvalue weighted by Crippen LogP contribution is -2.62. The van der Waals surface area contributed by atoms with Crippen molar-refractivity contribution < 1.29 is 28.8 Å². The molecule has 170 valence electrons. The second-order valence-electron chi connectivity index (χ2n) is 8.34. The fourth-order valence-electron chi connectivity index (χ4n) is 4.16. The second kappa shape index (κ2) is 9.45. The Morgan fingerprint density at radius 1 is 1.16 bits per heavy atom. The minimum absolute atomic E-state index is 0.0416. The monoisotopic (exact) mass is 434 g/mol. The number of hydrogen-bond acceptors (Lipinski definition) is 7. The molecule has 0 saturated heterocycles. The van der Waals surface area contributed by atoms with Crippen LogP contribution in [-0.4, -0.2) is 41.5 Å². The number of carbonyl (C=O) groups excluding carboxylic acids is 3. The van der Waals surface area contributed by atoms with Gasteiger partial charge in [-0.3, -0.25) is 14.9 Å². The van der Waals surface area contributed by atoms with E-state index in [-0.39, 0.29) is 29.9 Å². The van der Waals surface area contributed by atoms with Gasteiger partial charge < -0.3 is 14.8 Å². The average molecular weight is 434 g/mol. The summed E-state index contributed by atoms with van der Waals surface area (Å²) in [5, 5.41) is 14.3. The maximum atomic E-state index is 12.9. The third-order valence-corrected chi connectivity index (χ3v) is 5.57. The number of ether oxygens (including phenoxy) is 2. The first-order valence-electron chi connectivity index (χ1n) is 10.4. The predicted octanol–water partition coefficient (Wildman–Crippen LogP) is 2.75. The van der Waals surface area contributed by atoms with Gasteiger partial charge in [-0.15, -0.1) is 0 Å². The molecule has 0 spiro atoms. The number of nitrogens with zero attached hydrogens (tertiary/aromatic N) is 1. The highest BCUT2D eigenvalue weighted by atomic mass is 16.6. The van der Waals surface area contributed by atoms with Crippen LogP contribution in [0.4, 0.5) is 5.69 Å². The van der Waals surface area contributed by atoms with Gasteiger partial charge in [-0.1, -0.05) is 13.8 Å². The van der Waals surface area contributed by atoms with E-state index in [1.54, 1.807) is 19.9 Å². The average Bonchev–Trinajstić information content (AvgIpc) is 2.66. The predicted molar refractivity (Wildman–Crippen MR) is 113 cm³/mol. The summed E-state index contributed by atoms with van der Waals surface area (Å²) >= 11 is 0. The van der Waals surface area contributed by atoms with Crippen LogP contribution in [0.15, 0.2) is 12.1 Å². The van der Waals surface area contributed by atoms with E-state index >= 15 is 0 Å². The highest BCUT2D eigenvalue weighted by Crippen LogP contribution is 2.40. The van der Waals surface area contributed by atoms with E-state index in [2.05, 4.69) is 5.32 Å². The van der Waals surface area contributed by atoms with Crippen LogP contribution in [0.1, 0.15) is 64.2 Å². The summed E-state index contributed by atoms with van der Waals surface area (Å²) in [6, 6.07) is 3.20. The van der Waals surface area contributed by atoms with Crippen molar-refractivity contribution in [1.82, 2.24) is 5.32 Å². The molecule has 0 saturated carbocycles. The van der Waals surface area contributed by atoms with E-state index in [9.17, 15) is 24.5 Å². The third kappa shape index (κ3) is 5.03. The van der Waals surface area contributed by atoms with Crippen LogP contribution in [0.2, 0.25) is 0 Å². The number of nitrogens with one attached hydrogen (secondary N) is 1. The molecule has 0 atom stereocenters. The Bertz CT molecular complexity index is 874. The normalized spacial score (nSPS) is 14.9. The SMILES string of the molecule is CCOC(=O)C(Cc1cc2c(cc1[N+](=O)[O-])C(C)(C)CCC2)(NC(C)=O)C(=O)OCC. The molecule has 0 aromatic heterocycles. The van der Waals surface area contributed by atoms with Crippen molar-refractivity contribution in [3.63, 3.8) is 0 Å². The molecule has 9 nitrogen and oxygen atoms in total. The summed E-state index contributed by atoms with van der Waals surface area (Å²) in [5.41, 5.74) is -0.684. The molecule has 2 rings (SSSR count). The minimum atomic E-state index is -2.22. The lowest BCUT2D eigenvalue weighted by molar-refractivity contribution is -0.385. The molecule has 1 aromatic carbocycles. The number of nitro groups is 1. The van der Waals surface area contributed by atoms with Crippen LogP contribution in [0, 0.1) is 10.1 Å². The largest absolute Gasteiger partial charge is 0.464 e. The standard InChI is InChI=1S/C22H30N2O7/c1-6-30-19(26)22(23-14(3)25,20(27)31-7-2)13-16-11-15-9-8-10-21(4,5)17(15)12-18(16)24(28)29/h11-12H,6-10,13H2,1-5H3,(H,23,25). The maximum Gasteiger partial charge on any atom is 0.344 e. The zero-order valence-electron chi connectivity index (χ0n) is 18.7. The molecular formula is C22H30N2O7. The van der Waals surface area contributed by atoms with Gasteiger partial charge in [-0.2, -0.15) is 0 Å². The second-order valence-corrected chi connectivity index (χ2v) is 8.34. The smallest absolute Gasteiger partial charge is 0.344 e. The molecule has 0 fully saturated rings. The molecule has 1 amide bonds. The first kappa shape index (κ1) is 24.3. The molecule has 0 heterocycles. The lowest BCUT2D eigenvalue weighted by Gasteiger charge is -2.34. The molecule has 1 N–H and O–H groups in total. The van der Waals surface area contributed by atoms with Crippen molar-refractivity contribution in [2.45, 2.75) is 71.3 Å². The number of aryl methyl sites for hydroxylation is 1. The quantitative estimate of drug-likeness (QED) is 0.289. The van der Waals surface area contributed by atoms with Crippen LogP contribution in [0.3, 0.4) is 0 Å². The zero-order chi connectivity index (χ0) is 23.4. The first-order valence-corrected chi connectivity index (χ1v) is 10.4. The highest BCUT2D eigenvalue weighted by Gasteiger charge is 2.51. The fourth-order valence-corrected chi connectivity index (χ4v) is 4.16. The topological polar surface area (TPSA) is 125 Å². The van der Waals surface area contributed by atoms with Gasteiger partial charge in [0.05, 0.1) is 18.1 Å². The van der Waals surface area contributed by atoms with Gasteiger partial charge in [0.25, 0.3) is 5.69 Å². The van der Waals surface area contributed by atoms with E-state index in [1.165, 1.54) is 6.07 Å². The molecule has 1 aliphatic rings. The van der Waals surface area contributed by atoms with Gasteiger partial charge in [-0.05, 0) is 55.7 Å².